The van der Waals surface area contributed by atoms with Gasteiger partial charge in [-0.1, -0.05) is 42.5 Å². The molecule has 1 aliphatic heterocycles. The highest BCUT2D eigenvalue weighted by Gasteiger charge is 2.46. The van der Waals surface area contributed by atoms with E-state index < -0.39 is 26.2 Å². The lowest BCUT2D eigenvalue weighted by Crippen LogP contribution is -2.49. The molecule has 1 aliphatic rings. The minimum atomic E-state index is -4.20. The highest BCUT2D eigenvalue weighted by Crippen LogP contribution is 2.42. The molecule has 0 radical (unpaired) electrons. The van der Waals surface area contributed by atoms with Crippen molar-refractivity contribution in [2.24, 2.45) is 0 Å². The van der Waals surface area contributed by atoms with E-state index in [0.717, 1.165) is 16.7 Å². The van der Waals surface area contributed by atoms with E-state index in [-0.39, 0.29) is 11.4 Å². The van der Waals surface area contributed by atoms with E-state index in [0.29, 0.717) is 34.7 Å². The summed E-state index contributed by atoms with van der Waals surface area (Å²) in [5, 5.41) is 26.1. The number of fused-ring (bicyclic) bond motifs is 1. The van der Waals surface area contributed by atoms with Crippen LogP contribution in [0.1, 0.15) is 24.5 Å². The van der Waals surface area contributed by atoms with Crippen LogP contribution < -0.4 is 4.90 Å². The zero-order chi connectivity index (χ0) is 28.1. The molecule has 0 spiro atoms. The number of hydrogen-bond donors (Lipinski definition) is 0. The summed E-state index contributed by atoms with van der Waals surface area (Å²) in [6.45, 7) is 4.45. The predicted octanol–water partition coefficient (Wildman–Crippen LogP) is 4.54. The first-order chi connectivity index (χ1) is 18.5. The first-order valence-electron chi connectivity index (χ1n) is 12.0. The molecule has 5 rings (SSSR count). The van der Waals surface area contributed by atoms with E-state index >= 15 is 0 Å². The normalized spacial score (nSPS) is 17.6. The lowest BCUT2D eigenvalue weighted by Gasteiger charge is -2.35. The third kappa shape index (κ3) is 4.34. The Balaban J connectivity index is 1.64. The molecular formula is C26H24BrN7O4S. The van der Waals surface area contributed by atoms with Gasteiger partial charge in [-0.2, -0.15) is 19.1 Å². The van der Waals surface area contributed by atoms with Crippen LogP contribution >= 0.6 is 15.9 Å². The second-order valence-corrected chi connectivity index (χ2v) is 12.3. The quantitative estimate of drug-likeness (QED) is 0.229. The molecular weight excluding hydrogens is 586 g/mol. The van der Waals surface area contributed by atoms with Crippen LogP contribution in [0.15, 0.2) is 64.2 Å². The van der Waals surface area contributed by atoms with Gasteiger partial charge in [0, 0.05) is 31.8 Å². The van der Waals surface area contributed by atoms with E-state index in [1.165, 1.54) is 35.6 Å². The number of pyridine rings is 1. The van der Waals surface area contributed by atoms with Crippen molar-refractivity contribution < 1.29 is 13.3 Å². The third-order valence-electron chi connectivity index (χ3n) is 7.37. The van der Waals surface area contributed by atoms with E-state index in [1.807, 2.05) is 49.1 Å². The lowest BCUT2D eigenvalue weighted by molar-refractivity contribution is -0.387. The zero-order valence-corrected chi connectivity index (χ0v) is 23.8. The number of benzene rings is 2. The number of likely N-dealkylation sites (N-methyl/N-ethyl adjacent to an activating group) is 1. The summed E-state index contributed by atoms with van der Waals surface area (Å²) in [6.07, 6.45) is 0.452. The largest absolute Gasteiger partial charge is 0.354 e. The molecule has 11 nitrogen and oxygen atoms in total. The number of para-hydroxylation sites is 1. The number of aromatic nitrogens is 3. The van der Waals surface area contributed by atoms with E-state index in [1.54, 1.807) is 4.52 Å². The highest BCUT2D eigenvalue weighted by atomic mass is 79.9. The Kier molecular flexibility index (Phi) is 6.66. The SMILES string of the molecule is Cc1c(-c2ccccc2)c(N2CC[C@](C)(N(C)S(=O)(=O)c3ccccc3[N+](=O)[O-])C2)n2nc(Br)nc2c1C#N. The molecule has 1 fully saturated rings. The fraction of sp³-hybridized carbons (Fsp3) is 0.269. The van der Waals surface area contributed by atoms with Crippen LogP contribution in [0, 0.1) is 28.4 Å². The molecule has 1 atom stereocenters. The number of nitro groups is 1. The lowest BCUT2D eigenvalue weighted by atomic mass is 9.97. The number of hydrogen-bond acceptors (Lipinski definition) is 8. The van der Waals surface area contributed by atoms with Gasteiger partial charge in [-0.15, -0.1) is 5.10 Å². The smallest absolute Gasteiger partial charge is 0.289 e. The second kappa shape index (κ2) is 9.71. The molecule has 0 bridgehead atoms. The molecule has 39 heavy (non-hydrogen) atoms. The Hall–Kier alpha value is -3.86. The van der Waals surface area contributed by atoms with Crippen LogP contribution in [0.5, 0.6) is 0 Å². The van der Waals surface area contributed by atoms with Gasteiger partial charge in [-0.25, -0.2) is 8.42 Å². The molecule has 0 N–H and O–H groups in total. The molecule has 0 unspecified atom stereocenters. The summed E-state index contributed by atoms with van der Waals surface area (Å²) in [7, 11) is -2.74. The molecule has 0 amide bonds. The van der Waals surface area contributed by atoms with Gasteiger partial charge in [0.05, 0.1) is 10.5 Å². The molecule has 1 saturated heterocycles. The average Bonchev–Trinajstić information content (AvgIpc) is 3.50. The predicted molar refractivity (Wildman–Crippen MR) is 149 cm³/mol. The van der Waals surface area contributed by atoms with Crippen molar-refractivity contribution in [1.29, 1.82) is 5.26 Å². The molecule has 4 aromatic rings. The molecule has 2 aromatic heterocycles. The summed E-state index contributed by atoms with van der Waals surface area (Å²) in [5.74, 6) is 0.686. The van der Waals surface area contributed by atoms with Crippen LogP contribution in [-0.4, -0.2) is 57.9 Å². The number of anilines is 1. The monoisotopic (exact) mass is 609 g/mol. The van der Waals surface area contributed by atoms with Gasteiger partial charge in [0.1, 0.15) is 17.5 Å². The van der Waals surface area contributed by atoms with Crippen LogP contribution in [0.2, 0.25) is 0 Å². The summed E-state index contributed by atoms with van der Waals surface area (Å²) < 4.78 is 30.5. The van der Waals surface area contributed by atoms with Crippen LogP contribution in [0.25, 0.3) is 16.8 Å². The van der Waals surface area contributed by atoms with Gasteiger partial charge in [0.2, 0.25) is 14.8 Å². The van der Waals surface area contributed by atoms with Crippen LogP contribution in [-0.2, 0) is 10.0 Å². The fourth-order valence-electron chi connectivity index (χ4n) is 5.19. The van der Waals surface area contributed by atoms with Crippen molar-refractivity contribution in [3.63, 3.8) is 0 Å². The summed E-state index contributed by atoms with van der Waals surface area (Å²) in [4.78, 5) is 17.0. The van der Waals surface area contributed by atoms with E-state index in [4.69, 9.17) is 0 Å². The maximum atomic E-state index is 13.7. The molecule has 2 aromatic carbocycles. The van der Waals surface area contributed by atoms with Crippen molar-refractivity contribution in [3.8, 4) is 17.2 Å². The van der Waals surface area contributed by atoms with Crippen molar-refractivity contribution in [3.05, 3.63) is 80.6 Å². The van der Waals surface area contributed by atoms with E-state index in [9.17, 15) is 23.8 Å². The summed E-state index contributed by atoms with van der Waals surface area (Å²) in [5.41, 5.74) is 1.84. The summed E-state index contributed by atoms with van der Waals surface area (Å²) >= 11 is 3.34. The van der Waals surface area contributed by atoms with Crippen molar-refractivity contribution >= 4 is 43.1 Å². The van der Waals surface area contributed by atoms with E-state index in [2.05, 4.69) is 32.1 Å². The molecule has 3 heterocycles. The molecule has 200 valence electrons. The topological polar surface area (TPSA) is 138 Å². The van der Waals surface area contributed by atoms with Gasteiger partial charge in [0.25, 0.3) is 5.69 Å². The number of nitrogens with zero attached hydrogens (tertiary/aromatic N) is 7. The standard InChI is InChI=1S/C26H24BrN7O4S/c1-17-19(15-28)23-29-25(27)30-33(23)24(22(17)18-9-5-4-6-10-18)32-14-13-26(2,16-32)31(3)39(37,38)21-12-8-7-11-20(21)34(35)36/h4-12H,13-14,16H2,1-3H3/t26-/m0/s1. The maximum Gasteiger partial charge on any atom is 0.289 e. The third-order valence-corrected chi connectivity index (χ3v) is 9.76. The molecule has 13 heteroatoms. The molecule has 0 aliphatic carbocycles. The zero-order valence-electron chi connectivity index (χ0n) is 21.4. The Morgan fingerprint density at radius 1 is 1.18 bits per heavy atom. The van der Waals surface area contributed by atoms with Crippen molar-refractivity contribution in [2.75, 3.05) is 25.0 Å². The van der Waals surface area contributed by atoms with Gasteiger partial charge >= 0.3 is 0 Å². The Labute approximate surface area is 233 Å². The minimum absolute atomic E-state index is 0.279. The first kappa shape index (κ1) is 26.7. The van der Waals surface area contributed by atoms with Gasteiger partial charge in [-0.05, 0) is 53.4 Å². The number of halogens is 1. The number of rotatable bonds is 6. The number of nitro benzene ring substituents is 1. The Morgan fingerprint density at radius 3 is 2.51 bits per heavy atom. The van der Waals surface area contributed by atoms with Crippen LogP contribution in [0.3, 0.4) is 0 Å². The number of sulfonamides is 1. The average molecular weight is 610 g/mol. The fourth-order valence-corrected chi connectivity index (χ4v) is 7.19. The minimum Gasteiger partial charge on any atom is -0.354 e. The highest BCUT2D eigenvalue weighted by molar-refractivity contribution is 9.10. The number of nitriles is 1. The Bertz CT molecular complexity index is 1770. The second-order valence-electron chi connectivity index (χ2n) is 9.66. The van der Waals surface area contributed by atoms with Crippen molar-refractivity contribution in [2.45, 2.75) is 30.7 Å². The van der Waals surface area contributed by atoms with Gasteiger partial charge in [0.15, 0.2) is 10.5 Å². The first-order valence-corrected chi connectivity index (χ1v) is 14.2. The van der Waals surface area contributed by atoms with Gasteiger partial charge in [-0.3, -0.25) is 10.1 Å². The Morgan fingerprint density at radius 2 is 1.85 bits per heavy atom. The van der Waals surface area contributed by atoms with Gasteiger partial charge < -0.3 is 4.90 Å². The van der Waals surface area contributed by atoms with Crippen molar-refractivity contribution in [1.82, 2.24) is 18.9 Å². The maximum absolute atomic E-state index is 13.7. The molecule has 0 saturated carbocycles. The summed E-state index contributed by atoms with van der Waals surface area (Å²) in [6, 6.07) is 17.2. The van der Waals surface area contributed by atoms with Crippen LogP contribution in [0.4, 0.5) is 11.5 Å².